The van der Waals surface area contributed by atoms with E-state index >= 15 is 0 Å². The molecule has 1 N–H and O–H groups in total. The van der Waals surface area contributed by atoms with Crippen molar-refractivity contribution in [3.05, 3.63) is 65.0 Å². The molecule has 3 aliphatic rings. The number of benzene rings is 2. The number of unbranched alkanes of at least 4 members (excludes halogenated alkanes) is 4. The van der Waals surface area contributed by atoms with Gasteiger partial charge in [-0.25, -0.2) is 14.1 Å². The summed E-state index contributed by atoms with van der Waals surface area (Å²) in [4.78, 5) is 65.3. The molecule has 9 nitrogen and oxygen atoms in total. The van der Waals surface area contributed by atoms with Gasteiger partial charge in [0.15, 0.2) is 0 Å². The summed E-state index contributed by atoms with van der Waals surface area (Å²) in [6.07, 6.45) is 4.08. The topological polar surface area (TPSA) is 113 Å². The Morgan fingerprint density at radius 3 is 2.33 bits per heavy atom. The zero-order valence-corrected chi connectivity index (χ0v) is 28.9. The average molecular weight is 716 g/mol. The molecule has 2 aromatic carbocycles. The van der Waals surface area contributed by atoms with E-state index in [1.165, 1.54) is 18.6 Å². The highest BCUT2D eigenvalue weighted by atomic mass is 19.4. The number of Topliss-reactive ketones (excluding diaryl/α,β-unsaturated/α-hetero) is 2. The third kappa shape index (κ3) is 9.15. The van der Waals surface area contributed by atoms with E-state index in [1.54, 1.807) is 12.1 Å². The number of aryl methyl sites for hydroxylation is 1. The molecule has 3 amide bonds. The number of nitrogens with zero attached hydrogens (tertiary/aromatic N) is 2. The second kappa shape index (κ2) is 16.4. The third-order valence-electron chi connectivity index (χ3n) is 10.4. The number of imide groups is 1. The van der Waals surface area contributed by atoms with E-state index in [9.17, 15) is 41.5 Å². The van der Waals surface area contributed by atoms with Crippen molar-refractivity contribution in [1.29, 1.82) is 0 Å². The summed E-state index contributed by atoms with van der Waals surface area (Å²) in [5, 5.41) is 3.23. The van der Waals surface area contributed by atoms with Crippen LogP contribution in [0.25, 0.3) is 0 Å². The van der Waals surface area contributed by atoms with E-state index in [-0.39, 0.29) is 17.8 Å². The Balaban J connectivity index is 1.10. The fourth-order valence-corrected chi connectivity index (χ4v) is 6.95. The molecule has 1 heterocycles. The number of anilines is 1. The van der Waals surface area contributed by atoms with Crippen molar-refractivity contribution < 1.29 is 46.3 Å². The third-order valence-corrected chi connectivity index (χ3v) is 10.4. The summed E-state index contributed by atoms with van der Waals surface area (Å²) < 4.78 is 60.2. The van der Waals surface area contributed by atoms with Gasteiger partial charge in [0.05, 0.1) is 0 Å². The first-order valence-electron chi connectivity index (χ1n) is 17.9. The van der Waals surface area contributed by atoms with Crippen LogP contribution in [0, 0.1) is 11.7 Å². The number of ether oxygens (including phenoxy) is 1. The van der Waals surface area contributed by atoms with Gasteiger partial charge in [0.1, 0.15) is 30.0 Å². The van der Waals surface area contributed by atoms with Crippen LogP contribution in [-0.4, -0.2) is 64.6 Å². The van der Waals surface area contributed by atoms with E-state index in [1.807, 2.05) is 6.07 Å². The van der Waals surface area contributed by atoms with Crippen molar-refractivity contribution in [2.24, 2.45) is 5.92 Å². The summed E-state index contributed by atoms with van der Waals surface area (Å²) in [6, 6.07) is 7.55. The van der Waals surface area contributed by atoms with E-state index in [0.717, 1.165) is 75.3 Å². The Hall–Kier alpha value is -4.29. The van der Waals surface area contributed by atoms with Crippen molar-refractivity contribution in [3.8, 4) is 0 Å². The number of carbonyl (C=O) groups is 5. The molecule has 2 aromatic rings. The molecule has 1 saturated carbocycles. The first-order chi connectivity index (χ1) is 24.3. The lowest BCUT2D eigenvalue weighted by molar-refractivity contribution is -0.187. The molecular weight excluding hydrogens is 670 g/mol. The monoisotopic (exact) mass is 715 g/mol. The van der Waals surface area contributed by atoms with Crippen LogP contribution < -0.4 is 5.32 Å². The number of fused-ring (bicyclic) bond motifs is 2. The van der Waals surface area contributed by atoms with Gasteiger partial charge in [-0.3, -0.25) is 19.2 Å². The number of alkyl halides is 3. The van der Waals surface area contributed by atoms with Gasteiger partial charge >= 0.3 is 12.3 Å². The Labute approximate surface area is 295 Å². The number of ketones is 2. The molecule has 1 saturated heterocycles. The molecule has 0 aromatic heterocycles. The number of amides is 3. The van der Waals surface area contributed by atoms with Crippen molar-refractivity contribution in [2.75, 3.05) is 18.4 Å². The highest BCUT2D eigenvalue weighted by molar-refractivity contribution is 6.06. The van der Waals surface area contributed by atoms with Gasteiger partial charge in [0.25, 0.3) is 5.91 Å². The van der Waals surface area contributed by atoms with E-state index in [2.05, 4.69) is 5.32 Å². The standard InChI is InChI=1S/C38H45F4N3O6/c1-25(38(40,41)42)44(23-26-12-14-29(39)15-13-26)34(48)24-45-35(49)37(51-36(45)50)20-18-28-22-30(16-17-32(28)37)43-21-19-31(46)10-5-3-2-4-6-11-33(47)27-8-7-9-27/h12-17,22,25,27,43H,2-11,18-21,23-24H2,1H3/t25-,37+/m0/s1. The second-order valence-corrected chi connectivity index (χ2v) is 13.9. The number of hydrogen-bond donors (Lipinski definition) is 1. The van der Waals surface area contributed by atoms with Crippen molar-refractivity contribution in [1.82, 2.24) is 9.80 Å². The van der Waals surface area contributed by atoms with Crippen molar-refractivity contribution >= 4 is 35.2 Å². The predicted octanol–water partition coefficient (Wildman–Crippen LogP) is 7.40. The van der Waals surface area contributed by atoms with Crippen LogP contribution in [-0.2, 0) is 42.5 Å². The fraction of sp³-hybridized carbons (Fsp3) is 0.553. The number of nitrogens with one attached hydrogen (secondary N) is 1. The number of halogens is 4. The smallest absolute Gasteiger partial charge is 0.418 e. The first kappa shape index (κ1) is 38.0. The van der Waals surface area contributed by atoms with Gasteiger partial charge < -0.3 is 15.0 Å². The molecule has 0 unspecified atom stereocenters. The summed E-state index contributed by atoms with van der Waals surface area (Å²) in [7, 11) is 0. The summed E-state index contributed by atoms with van der Waals surface area (Å²) >= 11 is 0. The lowest BCUT2D eigenvalue weighted by atomic mass is 9.80. The maximum absolute atomic E-state index is 13.7. The summed E-state index contributed by atoms with van der Waals surface area (Å²) in [5.41, 5.74) is 0.443. The Morgan fingerprint density at radius 2 is 1.67 bits per heavy atom. The van der Waals surface area contributed by atoms with Crippen LogP contribution in [0.2, 0.25) is 0 Å². The largest absolute Gasteiger partial charge is 0.427 e. The van der Waals surface area contributed by atoms with Crippen LogP contribution in [0.1, 0.15) is 101 Å². The van der Waals surface area contributed by atoms with E-state index in [4.69, 9.17) is 4.74 Å². The second-order valence-electron chi connectivity index (χ2n) is 13.9. The molecule has 2 fully saturated rings. The maximum Gasteiger partial charge on any atom is 0.418 e. The molecule has 1 spiro atoms. The number of carbonyl (C=O) groups excluding carboxylic acids is 5. The SMILES string of the molecule is C[C@H](N(Cc1ccc(F)cc1)C(=O)CN1C(=O)O[C@@]2(CCc3cc(NCCC(=O)CCCCCCCC(=O)C4CCC4)ccc32)C1=O)C(F)(F)F. The number of hydrogen-bond acceptors (Lipinski definition) is 7. The van der Waals surface area contributed by atoms with Gasteiger partial charge in [0.2, 0.25) is 11.5 Å². The zero-order valence-electron chi connectivity index (χ0n) is 28.9. The van der Waals surface area contributed by atoms with Crippen LogP contribution >= 0.6 is 0 Å². The molecule has 13 heteroatoms. The van der Waals surface area contributed by atoms with Crippen LogP contribution in [0.15, 0.2) is 42.5 Å². The molecule has 0 bridgehead atoms. The van der Waals surface area contributed by atoms with Crippen LogP contribution in [0.4, 0.5) is 28.0 Å². The lowest BCUT2D eigenvalue weighted by Gasteiger charge is -2.31. The Bertz CT molecular complexity index is 1610. The minimum absolute atomic E-state index is 0.106. The molecule has 51 heavy (non-hydrogen) atoms. The van der Waals surface area contributed by atoms with Gasteiger partial charge in [0, 0.05) is 55.9 Å². The minimum atomic E-state index is -4.80. The highest BCUT2D eigenvalue weighted by Gasteiger charge is 2.58. The van der Waals surface area contributed by atoms with Crippen LogP contribution in [0.5, 0.6) is 0 Å². The predicted molar refractivity (Wildman–Crippen MR) is 180 cm³/mol. The Kier molecular flexibility index (Phi) is 12.2. The van der Waals surface area contributed by atoms with Crippen molar-refractivity contribution in [2.45, 2.75) is 115 Å². The summed E-state index contributed by atoms with van der Waals surface area (Å²) in [5.74, 6) is -1.67. The van der Waals surface area contributed by atoms with Crippen molar-refractivity contribution in [3.63, 3.8) is 0 Å². The summed E-state index contributed by atoms with van der Waals surface area (Å²) in [6.45, 7) is -0.254. The lowest BCUT2D eigenvalue weighted by Crippen LogP contribution is -2.51. The zero-order chi connectivity index (χ0) is 36.8. The minimum Gasteiger partial charge on any atom is -0.427 e. The van der Waals surface area contributed by atoms with E-state index < -0.39 is 54.6 Å². The van der Waals surface area contributed by atoms with Gasteiger partial charge in [-0.15, -0.1) is 0 Å². The first-order valence-corrected chi connectivity index (χ1v) is 17.9. The molecule has 2 atom stereocenters. The molecule has 5 rings (SSSR count). The molecular formula is C38H45F4N3O6. The van der Waals surface area contributed by atoms with Crippen LogP contribution in [0.3, 0.4) is 0 Å². The molecule has 0 radical (unpaired) electrons. The highest BCUT2D eigenvalue weighted by Crippen LogP contribution is 2.46. The molecule has 276 valence electrons. The quantitative estimate of drug-likeness (QED) is 0.127. The maximum atomic E-state index is 13.7. The average Bonchev–Trinajstić information content (AvgIpc) is 3.53. The van der Waals surface area contributed by atoms with Gasteiger partial charge in [-0.05, 0) is 74.4 Å². The Morgan fingerprint density at radius 1 is 0.980 bits per heavy atom. The van der Waals surface area contributed by atoms with Gasteiger partial charge in [-0.2, -0.15) is 13.2 Å². The molecule has 1 aliphatic heterocycles. The van der Waals surface area contributed by atoms with E-state index in [0.29, 0.717) is 59.3 Å². The molecule has 2 aliphatic carbocycles. The van der Waals surface area contributed by atoms with Gasteiger partial charge in [-0.1, -0.05) is 43.9 Å². The number of rotatable bonds is 18. The normalized spacial score (nSPS) is 19.1. The fourth-order valence-electron chi connectivity index (χ4n) is 6.95.